The molecular formula is C41H37N3O2SSi2. The summed E-state index contributed by atoms with van der Waals surface area (Å²) < 4.78 is 29.7. The minimum Gasteiger partial charge on any atom is -0.342 e. The van der Waals surface area contributed by atoms with E-state index in [1.807, 2.05) is 36.2 Å². The third-order valence-corrected chi connectivity index (χ3v) is 19.9. The standard InChI is InChI=1S/C41H37N3O2SSi2/c1-42-30-24-22-28(43-32-14-6-10-18-38(32)48(2,3)39-19-11-7-15-33(39)43)26-36(30)47(45,46)37-27-29(23-25-31(37)42)44-34-16-8-12-20-40(34)49(4,5)41-21-13-9-17-35(41)44/h6-27H,1-5H3. The number of rotatable bonds is 2. The van der Waals surface area contributed by atoms with Crippen molar-refractivity contribution >= 4 is 92.2 Å². The molecule has 3 aliphatic rings. The Labute approximate surface area is 290 Å². The van der Waals surface area contributed by atoms with Gasteiger partial charge in [0.25, 0.3) is 0 Å². The van der Waals surface area contributed by atoms with Crippen LogP contribution in [-0.2, 0) is 9.84 Å². The van der Waals surface area contributed by atoms with E-state index in [1.54, 1.807) is 0 Å². The van der Waals surface area contributed by atoms with E-state index in [-0.39, 0.29) is 0 Å². The van der Waals surface area contributed by atoms with E-state index in [9.17, 15) is 8.42 Å². The largest absolute Gasteiger partial charge is 0.342 e. The molecule has 0 saturated carbocycles. The molecule has 0 saturated heterocycles. The Morgan fingerprint density at radius 1 is 0.429 bits per heavy atom. The number of hydrogen-bond donors (Lipinski definition) is 0. The number of nitrogens with zero attached hydrogens (tertiary/aromatic N) is 3. The summed E-state index contributed by atoms with van der Waals surface area (Å²) in [6.07, 6.45) is 0. The maximum Gasteiger partial charge on any atom is 0.210 e. The van der Waals surface area contributed by atoms with Crippen LogP contribution in [0.15, 0.2) is 143 Å². The SMILES string of the molecule is CN1c2ccc(N3c4ccccc4[Si](C)(C)c4ccccc43)cc2S(=O)(=O)c2cc(N3c4ccccc4[Si](C)(C)c4ccccc43)ccc21. The predicted molar refractivity (Wildman–Crippen MR) is 209 cm³/mol. The van der Waals surface area contributed by atoms with E-state index in [4.69, 9.17) is 0 Å². The molecule has 3 heterocycles. The fraction of sp³-hybridized carbons (Fsp3) is 0.122. The van der Waals surface area contributed by atoms with Gasteiger partial charge in [0.15, 0.2) is 0 Å². The molecule has 0 radical (unpaired) electrons. The van der Waals surface area contributed by atoms with Gasteiger partial charge >= 0.3 is 0 Å². The lowest BCUT2D eigenvalue weighted by Gasteiger charge is -2.42. The van der Waals surface area contributed by atoms with Gasteiger partial charge in [-0.05, 0) is 81.4 Å². The van der Waals surface area contributed by atoms with Crippen molar-refractivity contribution in [3.8, 4) is 0 Å². The molecule has 6 aromatic rings. The molecule has 0 spiro atoms. The van der Waals surface area contributed by atoms with Gasteiger partial charge in [-0.3, -0.25) is 0 Å². The Bertz CT molecular complexity index is 2210. The van der Waals surface area contributed by atoms with E-state index < -0.39 is 26.0 Å². The van der Waals surface area contributed by atoms with Crippen molar-refractivity contribution < 1.29 is 8.42 Å². The first-order valence-electron chi connectivity index (χ1n) is 16.8. The maximum atomic E-state index is 14.8. The average molecular weight is 692 g/mol. The molecule has 6 aromatic carbocycles. The van der Waals surface area contributed by atoms with Gasteiger partial charge in [-0.15, -0.1) is 0 Å². The molecule has 0 unspecified atom stereocenters. The molecule has 0 fully saturated rings. The number of benzene rings is 6. The maximum absolute atomic E-state index is 14.8. The van der Waals surface area contributed by atoms with Crippen molar-refractivity contribution in [2.75, 3.05) is 21.7 Å². The molecule has 0 N–H and O–H groups in total. The Kier molecular flexibility index (Phi) is 6.35. The van der Waals surface area contributed by atoms with Gasteiger partial charge in [-0.25, -0.2) is 8.42 Å². The van der Waals surface area contributed by atoms with Crippen LogP contribution >= 0.6 is 0 Å². The highest BCUT2D eigenvalue weighted by molar-refractivity contribution is 7.92. The van der Waals surface area contributed by atoms with Crippen LogP contribution in [0.1, 0.15) is 0 Å². The number of anilines is 8. The molecular weight excluding hydrogens is 655 g/mol. The highest BCUT2D eigenvalue weighted by Crippen LogP contribution is 2.49. The minimum absolute atomic E-state index is 0.321. The summed E-state index contributed by atoms with van der Waals surface area (Å²) in [5.41, 5.74) is 7.52. The molecule has 49 heavy (non-hydrogen) atoms. The van der Waals surface area contributed by atoms with Crippen LogP contribution in [-0.4, -0.2) is 31.6 Å². The van der Waals surface area contributed by atoms with Gasteiger partial charge in [-0.1, -0.05) is 99.0 Å². The van der Waals surface area contributed by atoms with Gasteiger partial charge in [-0.2, -0.15) is 0 Å². The van der Waals surface area contributed by atoms with Gasteiger partial charge in [0.2, 0.25) is 9.84 Å². The summed E-state index contributed by atoms with van der Waals surface area (Å²) in [5.74, 6) is 0. The van der Waals surface area contributed by atoms with Crippen LogP contribution in [0, 0.1) is 0 Å². The molecule has 0 aromatic heterocycles. The topological polar surface area (TPSA) is 43.9 Å². The van der Waals surface area contributed by atoms with Gasteiger partial charge in [0.1, 0.15) is 16.1 Å². The second-order valence-corrected chi connectivity index (χ2v) is 24.9. The molecule has 0 atom stereocenters. The normalized spacial score (nSPS) is 17.2. The minimum atomic E-state index is -3.89. The lowest BCUT2D eigenvalue weighted by atomic mass is 10.1. The zero-order valence-electron chi connectivity index (χ0n) is 28.3. The van der Waals surface area contributed by atoms with Crippen LogP contribution in [0.4, 0.5) is 45.5 Å². The summed E-state index contributed by atoms with van der Waals surface area (Å²) in [6, 6.07) is 46.2. The Morgan fingerprint density at radius 2 is 0.735 bits per heavy atom. The smallest absolute Gasteiger partial charge is 0.210 e. The molecule has 242 valence electrons. The highest BCUT2D eigenvalue weighted by atomic mass is 32.2. The molecule has 9 rings (SSSR count). The van der Waals surface area contributed by atoms with Gasteiger partial charge < -0.3 is 14.7 Å². The average Bonchev–Trinajstić information content (AvgIpc) is 3.11. The first-order chi connectivity index (χ1) is 23.5. The molecule has 8 heteroatoms. The molecule has 0 aliphatic carbocycles. The van der Waals surface area contributed by atoms with Crippen LogP contribution < -0.4 is 35.4 Å². The lowest BCUT2D eigenvalue weighted by Crippen LogP contribution is -2.58. The first kappa shape index (κ1) is 30.2. The Hall–Kier alpha value is -4.90. The first-order valence-corrected chi connectivity index (χ1v) is 24.2. The van der Waals surface area contributed by atoms with Crippen molar-refractivity contribution in [3.63, 3.8) is 0 Å². The second kappa shape index (κ2) is 10.3. The van der Waals surface area contributed by atoms with Crippen LogP contribution in [0.2, 0.25) is 26.2 Å². The fourth-order valence-corrected chi connectivity index (χ4v) is 16.1. The molecule has 0 amide bonds. The molecule has 0 bridgehead atoms. The van der Waals surface area contributed by atoms with Gasteiger partial charge in [0, 0.05) is 41.2 Å². The van der Waals surface area contributed by atoms with E-state index in [1.165, 1.54) is 20.7 Å². The highest BCUT2D eigenvalue weighted by Gasteiger charge is 2.41. The summed E-state index contributed by atoms with van der Waals surface area (Å²) in [5, 5.41) is 5.37. The number of sulfone groups is 1. The Morgan fingerprint density at radius 3 is 1.06 bits per heavy atom. The van der Waals surface area contributed by atoms with Crippen molar-refractivity contribution in [2.45, 2.75) is 36.0 Å². The second-order valence-electron chi connectivity index (χ2n) is 14.4. The van der Waals surface area contributed by atoms with Crippen molar-refractivity contribution in [1.29, 1.82) is 0 Å². The third-order valence-electron chi connectivity index (χ3n) is 11.0. The predicted octanol–water partition coefficient (Wildman–Crippen LogP) is 7.81. The summed E-state index contributed by atoms with van der Waals surface area (Å²) in [4.78, 5) is 7.15. The van der Waals surface area contributed by atoms with Crippen LogP contribution in [0.5, 0.6) is 0 Å². The fourth-order valence-electron chi connectivity index (χ4n) is 8.41. The summed E-state index contributed by atoms with van der Waals surface area (Å²) in [7, 11) is -5.88. The van der Waals surface area contributed by atoms with E-state index in [0.29, 0.717) is 21.2 Å². The van der Waals surface area contributed by atoms with Crippen molar-refractivity contribution in [1.82, 2.24) is 0 Å². The molecule has 5 nitrogen and oxygen atoms in total. The molecule has 3 aliphatic heterocycles. The van der Waals surface area contributed by atoms with E-state index in [0.717, 1.165) is 34.1 Å². The zero-order chi connectivity index (χ0) is 33.9. The van der Waals surface area contributed by atoms with Gasteiger partial charge in [0.05, 0.1) is 21.2 Å². The van der Waals surface area contributed by atoms with Crippen molar-refractivity contribution in [2.24, 2.45) is 0 Å². The van der Waals surface area contributed by atoms with Crippen LogP contribution in [0.25, 0.3) is 0 Å². The third kappa shape index (κ3) is 4.11. The lowest BCUT2D eigenvalue weighted by molar-refractivity contribution is 0.594. The van der Waals surface area contributed by atoms with E-state index in [2.05, 4.69) is 145 Å². The summed E-state index contributed by atoms with van der Waals surface area (Å²) >= 11 is 0. The number of para-hydroxylation sites is 4. The van der Waals surface area contributed by atoms with Crippen LogP contribution in [0.3, 0.4) is 0 Å². The zero-order valence-corrected chi connectivity index (χ0v) is 31.1. The quantitative estimate of drug-likeness (QED) is 0.173. The van der Waals surface area contributed by atoms with Crippen molar-refractivity contribution in [3.05, 3.63) is 133 Å². The van der Waals surface area contributed by atoms with E-state index >= 15 is 0 Å². The number of hydrogen-bond acceptors (Lipinski definition) is 5. The monoisotopic (exact) mass is 691 g/mol. The Balaban J connectivity index is 1.21. The number of fused-ring (bicyclic) bond motifs is 6. The summed E-state index contributed by atoms with van der Waals surface area (Å²) in [6.45, 7) is 9.58.